The van der Waals surface area contributed by atoms with Crippen molar-refractivity contribution >= 4 is 11.8 Å². The Morgan fingerprint density at radius 1 is 1.00 bits per heavy atom. The number of rotatable bonds is 8. The van der Waals surface area contributed by atoms with E-state index in [2.05, 4.69) is 32.3 Å². The number of carbonyl (C=O) groups excluding carboxylic acids is 2. The van der Waals surface area contributed by atoms with Crippen LogP contribution in [0.4, 0.5) is 0 Å². The van der Waals surface area contributed by atoms with Crippen LogP contribution in [0.2, 0.25) is 0 Å². The Morgan fingerprint density at radius 3 is 2.55 bits per heavy atom. The number of nitrogens with zero attached hydrogens (tertiary/aromatic N) is 2. The average molecular weight is 390 g/mol. The SMILES string of the molecule is Cc1ccc(C(=O)NCC(=O)NCCc2nccn2Cc2ccccc2)cc1C. The van der Waals surface area contributed by atoms with Crippen LogP contribution in [0.25, 0.3) is 0 Å². The van der Waals surface area contributed by atoms with Gasteiger partial charge in [0.2, 0.25) is 5.91 Å². The van der Waals surface area contributed by atoms with Crippen molar-refractivity contribution in [1.82, 2.24) is 20.2 Å². The fourth-order valence-corrected chi connectivity index (χ4v) is 3.01. The Bertz CT molecular complexity index is 980. The molecule has 0 saturated carbocycles. The summed E-state index contributed by atoms with van der Waals surface area (Å²) in [7, 11) is 0. The second-order valence-electron chi connectivity index (χ2n) is 7.04. The normalized spacial score (nSPS) is 10.6. The second-order valence-corrected chi connectivity index (χ2v) is 7.04. The van der Waals surface area contributed by atoms with Gasteiger partial charge in [0.05, 0.1) is 6.54 Å². The minimum atomic E-state index is -0.248. The van der Waals surface area contributed by atoms with Crippen LogP contribution < -0.4 is 10.6 Å². The van der Waals surface area contributed by atoms with Crippen molar-refractivity contribution in [3.63, 3.8) is 0 Å². The lowest BCUT2D eigenvalue weighted by molar-refractivity contribution is -0.120. The fourth-order valence-electron chi connectivity index (χ4n) is 3.01. The van der Waals surface area contributed by atoms with Crippen LogP contribution in [0.5, 0.6) is 0 Å². The average Bonchev–Trinajstić information content (AvgIpc) is 3.16. The summed E-state index contributed by atoms with van der Waals surface area (Å²) in [5.74, 6) is 0.443. The van der Waals surface area contributed by atoms with Gasteiger partial charge in [-0.1, -0.05) is 36.4 Å². The smallest absolute Gasteiger partial charge is 0.251 e. The molecule has 0 spiro atoms. The van der Waals surface area contributed by atoms with Crippen LogP contribution >= 0.6 is 0 Å². The van der Waals surface area contributed by atoms with Gasteiger partial charge in [-0.2, -0.15) is 0 Å². The molecule has 0 fully saturated rings. The number of aryl methyl sites for hydroxylation is 2. The molecule has 1 aromatic heterocycles. The van der Waals surface area contributed by atoms with Crippen molar-refractivity contribution in [2.45, 2.75) is 26.8 Å². The molecule has 0 aliphatic rings. The Hall–Kier alpha value is -3.41. The first-order valence-corrected chi connectivity index (χ1v) is 9.69. The summed E-state index contributed by atoms with van der Waals surface area (Å²) < 4.78 is 2.07. The molecule has 0 radical (unpaired) electrons. The van der Waals surface area contributed by atoms with E-state index in [0.717, 1.165) is 23.5 Å². The number of hydrogen-bond donors (Lipinski definition) is 2. The van der Waals surface area contributed by atoms with Crippen LogP contribution in [-0.4, -0.2) is 34.5 Å². The summed E-state index contributed by atoms with van der Waals surface area (Å²) in [6, 6.07) is 15.7. The summed E-state index contributed by atoms with van der Waals surface area (Å²) >= 11 is 0. The lowest BCUT2D eigenvalue weighted by Gasteiger charge is -2.10. The second kappa shape index (κ2) is 9.68. The zero-order valence-electron chi connectivity index (χ0n) is 16.8. The first-order valence-electron chi connectivity index (χ1n) is 9.69. The molecule has 0 unspecified atom stereocenters. The van der Waals surface area contributed by atoms with E-state index in [1.165, 1.54) is 5.56 Å². The molecular formula is C23H26N4O2. The zero-order chi connectivity index (χ0) is 20.6. The molecule has 3 rings (SSSR count). The minimum Gasteiger partial charge on any atom is -0.354 e. The minimum absolute atomic E-state index is 0.0514. The van der Waals surface area contributed by atoms with Gasteiger partial charge in [0.1, 0.15) is 5.82 Å². The molecule has 0 aliphatic heterocycles. The molecule has 3 aromatic rings. The molecule has 6 heteroatoms. The molecule has 2 N–H and O–H groups in total. The highest BCUT2D eigenvalue weighted by molar-refractivity contribution is 5.96. The number of hydrogen-bond acceptors (Lipinski definition) is 3. The van der Waals surface area contributed by atoms with Gasteiger partial charge in [0.25, 0.3) is 5.91 Å². The number of benzene rings is 2. The van der Waals surface area contributed by atoms with E-state index >= 15 is 0 Å². The first-order chi connectivity index (χ1) is 14.0. The van der Waals surface area contributed by atoms with Gasteiger partial charge in [-0.15, -0.1) is 0 Å². The summed E-state index contributed by atoms with van der Waals surface area (Å²) in [5.41, 5.74) is 3.94. The summed E-state index contributed by atoms with van der Waals surface area (Å²) in [6.07, 6.45) is 4.33. The van der Waals surface area contributed by atoms with E-state index in [1.807, 2.05) is 50.4 Å². The molecule has 6 nitrogen and oxygen atoms in total. The third-order valence-electron chi connectivity index (χ3n) is 4.85. The van der Waals surface area contributed by atoms with Gasteiger partial charge in [-0.05, 0) is 42.7 Å². The van der Waals surface area contributed by atoms with Gasteiger partial charge in [0, 0.05) is 37.5 Å². The molecule has 0 saturated heterocycles. The van der Waals surface area contributed by atoms with Crippen LogP contribution in [0.1, 0.15) is 32.9 Å². The molecule has 2 amide bonds. The molecule has 0 aliphatic carbocycles. The summed E-state index contributed by atoms with van der Waals surface area (Å²) in [6.45, 7) is 5.11. The number of carbonyl (C=O) groups is 2. The number of imidazole rings is 1. The number of amides is 2. The molecular weight excluding hydrogens is 364 g/mol. The molecule has 0 bridgehead atoms. The molecule has 2 aromatic carbocycles. The Balaban J connectivity index is 1.43. The van der Waals surface area contributed by atoms with Crippen molar-refractivity contribution in [2.75, 3.05) is 13.1 Å². The van der Waals surface area contributed by atoms with Gasteiger partial charge in [0.15, 0.2) is 0 Å². The Kier molecular flexibility index (Phi) is 6.79. The van der Waals surface area contributed by atoms with E-state index in [4.69, 9.17) is 0 Å². The molecule has 29 heavy (non-hydrogen) atoms. The standard InChI is InChI=1S/C23H26N4O2/c1-17-8-9-20(14-18(17)2)23(29)26-15-22(28)25-11-10-21-24-12-13-27(21)16-19-6-4-3-5-7-19/h3-9,12-14H,10-11,15-16H2,1-2H3,(H,25,28)(H,26,29). The predicted molar refractivity (Wildman–Crippen MR) is 113 cm³/mol. The Labute approximate surface area is 171 Å². The van der Waals surface area contributed by atoms with E-state index in [9.17, 15) is 9.59 Å². The fraction of sp³-hybridized carbons (Fsp3) is 0.261. The van der Waals surface area contributed by atoms with Crippen molar-refractivity contribution < 1.29 is 9.59 Å². The van der Waals surface area contributed by atoms with Crippen molar-refractivity contribution in [3.05, 3.63) is 89.0 Å². The lowest BCUT2D eigenvalue weighted by atomic mass is 10.1. The number of aromatic nitrogens is 2. The highest BCUT2D eigenvalue weighted by atomic mass is 16.2. The van der Waals surface area contributed by atoms with Gasteiger partial charge in [-0.25, -0.2) is 4.98 Å². The lowest BCUT2D eigenvalue weighted by Crippen LogP contribution is -2.37. The number of nitrogens with one attached hydrogen (secondary N) is 2. The highest BCUT2D eigenvalue weighted by Crippen LogP contribution is 2.09. The molecule has 1 heterocycles. The monoisotopic (exact) mass is 390 g/mol. The van der Waals surface area contributed by atoms with Crippen LogP contribution in [-0.2, 0) is 17.8 Å². The maximum absolute atomic E-state index is 12.2. The molecule has 0 atom stereocenters. The van der Waals surface area contributed by atoms with E-state index in [-0.39, 0.29) is 18.4 Å². The first kappa shape index (κ1) is 20.3. The largest absolute Gasteiger partial charge is 0.354 e. The van der Waals surface area contributed by atoms with Gasteiger partial charge < -0.3 is 15.2 Å². The van der Waals surface area contributed by atoms with Crippen LogP contribution in [0, 0.1) is 13.8 Å². The van der Waals surface area contributed by atoms with Crippen LogP contribution in [0.15, 0.2) is 60.9 Å². The van der Waals surface area contributed by atoms with E-state index in [0.29, 0.717) is 18.5 Å². The maximum Gasteiger partial charge on any atom is 0.251 e. The third-order valence-corrected chi connectivity index (χ3v) is 4.85. The van der Waals surface area contributed by atoms with Crippen molar-refractivity contribution in [2.24, 2.45) is 0 Å². The topological polar surface area (TPSA) is 76.0 Å². The van der Waals surface area contributed by atoms with Gasteiger partial charge in [-0.3, -0.25) is 9.59 Å². The van der Waals surface area contributed by atoms with Crippen LogP contribution in [0.3, 0.4) is 0 Å². The van der Waals surface area contributed by atoms with Gasteiger partial charge >= 0.3 is 0 Å². The van der Waals surface area contributed by atoms with Crippen molar-refractivity contribution in [3.8, 4) is 0 Å². The Morgan fingerprint density at radius 2 is 1.79 bits per heavy atom. The highest BCUT2D eigenvalue weighted by Gasteiger charge is 2.09. The molecule has 150 valence electrons. The summed E-state index contributed by atoms with van der Waals surface area (Å²) in [5, 5.41) is 5.49. The van der Waals surface area contributed by atoms with E-state index in [1.54, 1.807) is 12.3 Å². The zero-order valence-corrected chi connectivity index (χ0v) is 16.8. The summed E-state index contributed by atoms with van der Waals surface area (Å²) in [4.78, 5) is 28.6. The quantitative estimate of drug-likeness (QED) is 0.621. The predicted octanol–water partition coefficient (Wildman–Crippen LogP) is 2.64. The third kappa shape index (κ3) is 5.78. The maximum atomic E-state index is 12.2. The van der Waals surface area contributed by atoms with E-state index < -0.39 is 0 Å². The van der Waals surface area contributed by atoms with Crippen molar-refractivity contribution in [1.29, 1.82) is 0 Å².